The summed E-state index contributed by atoms with van der Waals surface area (Å²) in [5, 5.41) is 9.97. The minimum atomic E-state index is -0.127. The summed E-state index contributed by atoms with van der Waals surface area (Å²) in [4.78, 5) is 16.0. The number of nitrogens with one attached hydrogen (secondary N) is 2. The van der Waals surface area contributed by atoms with E-state index in [0.717, 1.165) is 11.3 Å². The molecule has 6 nitrogen and oxygen atoms in total. The van der Waals surface area contributed by atoms with Crippen molar-refractivity contribution >= 4 is 11.6 Å². The van der Waals surface area contributed by atoms with Crippen molar-refractivity contribution in [3.8, 4) is 0 Å². The highest BCUT2D eigenvalue weighted by Gasteiger charge is 2.08. The average Bonchev–Trinajstić information content (AvgIpc) is 2.81. The highest BCUT2D eigenvalue weighted by atomic mass is 16.1. The second kappa shape index (κ2) is 5.51. The Morgan fingerprint density at radius 1 is 1.42 bits per heavy atom. The molecule has 0 fully saturated rings. The lowest BCUT2D eigenvalue weighted by atomic mass is 10.1. The van der Waals surface area contributed by atoms with Crippen LogP contribution in [0, 0.1) is 6.92 Å². The molecule has 0 saturated carbocycles. The molecule has 0 aliphatic carbocycles. The van der Waals surface area contributed by atoms with Crippen molar-refractivity contribution in [2.45, 2.75) is 13.5 Å². The lowest BCUT2D eigenvalue weighted by Gasteiger charge is -2.08. The monoisotopic (exact) mass is 259 g/mol. The van der Waals surface area contributed by atoms with Crippen LogP contribution in [0.3, 0.4) is 0 Å². The summed E-state index contributed by atoms with van der Waals surface area (Å²) in [7, 11) is 3.65. The number of aryl methyl sites for hydroxylation is 2. The van der Waals surface area contributed by atoms with E-state index in [1.807, 2.05) is 26.1 Å². The smallest absolute Gasteiger partial charge is 0.251 e. The van der Waals surface area contributed by atoms with Crippen molar-refractivity contribution < 1.29 is 4.79 Å². The minimum Gasteiger partial charge on any atom is -0.388 e. The first-order valence-corrected chi connectivity index (χ1v) is 6.01. The molecule has 0 aliphatic rings. The van der Waals surface area contributed by atoms with Crippen LogP contribution in [0.25, 0.3) is 0 Å². The number of benzene rings is 1. The van der Waals surface area contributed by atoms with Crippen LogP contribution in [0.1, 0.15) is 21.7 Å². The molecule has 1 aromatic heterocycles. The Kier molecular flexibility index (Phi) is 3.79. The quantitative estimate of drug-likeness (QED) is 0.862. The van der Waals surface area contributed by atoms with Gasteiger partial charge in [-0.25, -0.2) is 4.98 Å². The number of aromatic nitrogens is 3. The Bertz CT molecular complexity index is 590. The van der Waals surface area contributed by atoms with Crippen molar-refractivity contribution in [2.75, 3.05) is 12.4 Å². The summed E-state index contributed by atoms with van der Waals surface area (Å²) in [6.45, 7) is 2.29. The fraction of sp³-hybridized carbons (Fsp3) is 0.308. The molecular formula is C13H17N5O. The maximum Gasteiger partial charge on any atom is 0.251 e. The van der Waals surface area contributed by atoms with E-state index in [1.165, 1.54) is 0 Å². The van der Waals surface area contributed by atoms with Gasteiger partial charge in [-0.15, -0.1) is 0 Å². The van der Waals surface area contributed by atoms with E-state index >= 15 is 0 Å². The number of carbonyl (C=O) groups is 1. The van der Waals surface area contributed by atoms with E-state index in [2.05, 4.69) is 20.7 Å². The zero-order chi connectivity index (χ0) is 13.8. The van der Waals surface area contributed by atoms with Crippen LogP contribution in [-0.4, -0.2) is 27.7 Å². The van der Waals surface area contributed by atoms with Gasteiger partial charge < -0.3 is 10.6 Å². The van der Waals surface area contributed by atoms with Crippen molar-refractivity contribution in [3.63, 3.8) is 0 Å². The number of hydrogen-bond acceptors (Lipinski definition) is 4. The van der Waals surface area contributed by atoms with Gasteiger partial charge >= 0.3 is 0 Å². The van der Waals surface area contributed by atoms with E-state index in [0.29, 0.717) is 17.9 Å². The molecule has 0 aliphatic heterocycles. The van der Waals surface area contributed by atoms with Crippen LogP contribution >= 0.6 is 0 Å². The van der Waals surface area contributed by atoms with E-state index in [-0.39, 0.29) is 5.91 Å². The molecule has 1 heterocycles. The number of nitrogens with zero attached hydrogens (tertiary/aromatic N) is 3. The fourth-order valence-electron chi connectivity index (χ4n) is 1.81. The first-order valence-electron chi connectivity index (χ1n) is 6.01. The van der Waals surface area contributed by atoms with Crippen LogP contribution in [0.5, 0.6) is 0 Å². The van der Waals surface area contributed by atoms with Gasteiger partial charge in [-0.2, -0.15) is 5.10 Å². The largest absolute Gasteiger partial charge is 0.388 e. The molecular weight excluding hydrogens is 242 g/mol. The molecule has 2 aromatic rings. The standard InChI is InChI=1S/C13H17N5O/c1-9-6-10(4-5-11(9)14-2)13(19)15-7-12-16-8-18(3)17-12/h4-6,8,14H,7H2,1-3H3,(H,15,19). The predicted molar refractivity (Wildman–Crippen MR) is 72.9 cm³/mol. The average molecular weight is 259 g/mol. The Hall–Kier alpha value is -2.37. The van der Waals surface area contributed by atoms with Gasteiger partial charge in [-0.3, -0.25) is 9.48 Å². The van der Waals surface area contributed by atoms with E-state index in [9.17, 15) is 4.79 Å². The number of anilines is 1. The number of amides is 1. The Balaban J connectivity index is 2.01. The third-order valence-electron chi connectivity index (χ3n) is 2.81. The van der Waals surface area contributed by atoms with Gasteiger partial charge in [0.1, 0.15) is 6.33 Å². The molecule has 19 heavy (non-hydrogen) atoms. The zero-order valence-corrected chi connectivity index (χ0v) is 11.3. The van der Waals surface area contributed by atoms with Crippen molar-refractivity contribution in [3.05, 3.63) is 41.5 Å². The van der Waals surface area contributed by atoms with Crippen molar-refractivity contribution in [2.24, 2.45) is 7.05 Å². The molecule has 0 radical (unpaired) electrons. The molecule has 0 spiro atoms. The lowest BCUT2D eigenvalue weighted by Crippen LogP contribution is -2.23. The summed E-state index contributed by atoms with van der Waals surface area (Å²) in [5.74, 6) is 0.470. The number of hydrogen-bond donors (Lipinski definition) is 2. The molecule has 1 aromatic carbocycles. The topological polar surface area (TPSA) is 71.8 Å². The van der Waals surface area contributed by atoms with Gasteiger partial charge in [0.25, 0.3) is 5.91 Å². The van der Waals surface area contributed by atoms with Gasteiger partial charge in [0.05, 0.1) is 6.54 Å². The minimum absolute atomic E-state index is 0.127. The Morgan fingerprint density at radius 2 is 2.21 bits per heavy atom. The van der Waals surface area contributed by atoms with Gasteiger partial charge in [-0.1, -0.05) is 0 Å². The molecule has 2 N–H and O–H groups in total. The van der Waals surface area contributed by atoms with Gasteiger partial charge in [0.2, 0.25) is 0 Å². The van der Waals surface area contributed by atoms with E-state index < -0.39 is 0 Å². The summed E-state index contributed by atoms with van der Waals surface area (Å²) < 4.78 is 1.60. The SMILES string of the molecule is CNc1ccc(C(=O)NCc2ncn(C)n2)cc1C. The molecule has 0 atom stereocenters. The van der Waals surface area contributed by atoms with Gasteiger partial charge in [0, 0.05) is 25.3 Å². The molecule has 2 rings (SSSR count). The molecule has 0 bridgehead atoms. The van der Waals surface area contributed by atoms with Crippen molar-refractivity contribution in [1.29, 1.82) is 0 Å². The molecule has 100 valence electrons. The predicted octanol–water partition coefficient (Wildman–Crippen LogP) is 1.10. The lowest BCUT2D eigenvalue weighted by molar-refractivity contribution is 0.0950. The third-order valence-corrected chi connectivity index (χ3v) is 2.81. The van der Waals surface area contributed by atoms with Crippen molar-refractivity contribution in [1.82, 2.24) is 20.1 Å². The number of carbonyl (C=O) groups excluding carboxylic acids is 1. The Morgan fingerprint density at radius 3 is 2.79 bits per heavy atom. The first-order chi connectivity index (χ1) is 9.10. The molecule has 0 saturated heterocycles. The van der Waals surface area contributed by atoms with Crippen LogP contribution in [0.4, 0.5) is 5.69 Å². The van der Waals surface area contributed by atoms with Crippen LogP contribution in [0.15, 0.2) is 24.5 Å². The van der Waals surface area contributed by atoms with Crippen LogP contribution < -0.4 is 10.6 Å². The van der Waals surface area contributed by atoms with Gasteiger partial charge in [0.15, 0.2) is 5.82 Å². The fourth-order valence-corrected chi connectivity index (χ4v) is 1.81. The van der Waals surface area contributed by atoms with Crippen LogP contribution in [0.2, 0.25) is 0 Å². The molecule has 0 unspecified atom stereocenters. The third kappa shape index (κ3) is 3.09. The summed E-state index contributed by atoms with van der Waals surface area (Å²) in [6.07, 6.45) is 1.60. The highest BCUT2D eigenvalue weighted by Crippen LogP contribution is 2.15. The summed E-state index contributed by atoms with van der Waals surface area (Å²) in [6, 6.07) is 5.54. The second-order valence-electron chi connectivity index (χ2n) is 4.30. The molecule has 6 heteroatoms. The maximum absolute atomic E-state index is 12.0. The van der Waals surface area contributed by atoms with E-state index in [1.54, 1.807) is 24.1 Å². The zero-order valence-electron chi connectivity index (χ0n) is 11.3. The van der Waals surface area contributed by atoms with E-state index in [4.69, 9.17) is 0 Å². The number of rotatable bonds is 4. The second-order valence-corrected chi connectivity index (χ2v) is 4.30. The Labute approximate surface area is 111 Å². The normalized spacial score (nSPS) is 10.3. The van der Waals surface area contributed by atoms with Crippen LogP contribution in [-0.2, 0) is 13.6 Å². The molecule has 1 amide bonds. The summed E-state index contributed by atoms with van der Waals surface area (Å²) in [5.41, 5.74) is 2.68. The van der Waals surface area contributed by atoms with Gasteiger partial charge in [-0.05, 0) is 30.7 Å². The first kappa shape index (κ1) is 13.1. The highest BCUT2D eigenvalue weighted by molar-refractivity contribution is 5.94. The summed E-state index contributed by atoms with van der Waals surface area (Å²) >= 11 is 0. The maximum atomic E-state index is 12.0.